The number of hydrogen-bond acceptors (Lipinski definition) is 1. The van der Waals surface area contributed by atoms with Gasteiger partial charge in [0.15, 0.2) is 0 Å². The van der Waals surface area contributed by atoms with Gasteiger partial charge in [0.25, 0.3) is 0 Å². The predicted molar refractivity (Wildman–Crippen MR) is 66.1 cm³/mol. The Morgan fingerprint density at radius 3 is 2.20 bits per heavy atom. The third-order valence-electron chi connectivity index (χ3n) is 2.48. The molecule has 1 aromatic carbocycles. The molecule has 0 aromatic heterocycles. The standard InChI is InChI=1S/C12H16Cl2O/c1-2-15-10-12(8-13,9-14)11-6-4-3-5-7-11/h3-7H,2,8-10H2,1H3. The minimum atomic E-state index is -0.264. The fraction of sp³-hybridized carbons (Fsp3) is 0.500. The van der Waals surface area contributed by atoms with Crippen LogP contribution in [0, 0.1) is 0 Å². The van der Waals surface area contributed by atoms with Crippen LogP contribution < -0.4 is 0 Å². The molecule has 0 aliphatic heterocycles. The van der Waals surface area contributed by atoms with Crippen LogP contribution in [0.4, 0.5) is 0 Å². The topological polar surface area (TPSA) is 9.23 Å². The molecule has 0 aliphatic rings. The molecule has 0 fully saturated rings. The lowest BCUT2D eigenvalue weighted by atomic mass is 9.85. The molecule has 0 unspecified atom stereocenters. The van der Waals surface area contributed by atoms with Crippen LogP contribution >= 0.6 is 23.2 Å². The van der Waals surface area contributed by atoms with Gasteiger partial charge in [-0.05, 0) is 12.5 Å². The van der Waals surface area contributed by atoms with E-state index < -0.39 is 0 Å². The summed E-state index contributed by atoms with van der Waals surface area (Å²) in [7, 11) is 0. The van der Waals surface area contributed by atoms with Crippen LogP contribution in [0.5, 0.6) is 0 Å². The Morgan fingerprint density at radius 2 is 1.73 bits per heavy atom. The molecule has 3 heteroatoms. The predicted octanol–water partition coefficient (Wildman–Crippen LogP) is 3.44. The van der Waals surface area contributed by atoms with E-state index >= 15 is 0 Å². The number of hydrogen-bond donors (Lipinski definition) is 0. The lowest BCUT2D eigenvalue weighted by Gasteiger charge is -2.29. The highest BCUT2D eigenvalue weighted by atomic mass is 35.5. The van der Waals surface area contributed by atoms with E-state index in [0.29, 0.717) is 25.0 Å². The average Bonchev–Trinajstić information content (AvgIpc) is 2.33. The van der Waals surface area contributed by atoms with Crippen LogP contribution in [0.1, 0.15) is 12.5 Å². The van der Waals surface area contributed by atoms with Crippen LogP contribution in [0.25, 0.3) is 0 Å². The lowest BCUT2D eigenvalue weighted by molar-refractivity contribution is 0.108. The molecule has 15 heavy (non-hydrogen) atoms. The molecular formula is C12H16Cl2O. The molecule has 0 saturated carbocycles. The summed E-state index contributed by atoms with van der Waals surface area (Å²) in [6, 6.07) is 10.1. The number of rotatable bonds is 6. The van der Waals surface area contributed by atoms with Gasteiger partial charge in [-0.2, -0.15) is 0 Å². The van der Waals surface area contributed by atoms with Gasteiger partial charge in [-0.15, -0.1) is 23.2 Å². The van der Waals surface area contributed by atoms with E-state index in [4.69, 9.17) is 27.9 Å². The average molecular weight is 247 g/mol. The summed E-state index contributed by atoms with van der Waals surface area (Å²) in [6.45, 7) is 3.22. The van der Waals surface area contributed by atoms with Crippen LogP contribution in [0.15, 0.2) is 30.3 Å². The first kappa shape index (κ1) is 12.8. The molecule has 84 valence electrons. The molecule has 0 aliphatic carbocycles. The zero-order valence-electron chi connectivity index (χ0n) is 8.88. The summed E-state index contributed by atoms with van der Waals surface area (Å²) in [5, 5.41) is 0. The van der Waals surface area contributed by atoms with E-state index in [1.807, 2.05) is 37.3 Å². The zero-order chi connectivity index (χ0) is 11.1. The van der Waals surface area contributed by atoms with Gasteiger partial charge in [-0.25, -0.2) is 0 Å². The minimum absolute atomic E-state index is 0.264. The Bertz CT molecular complexity index is 270. The van der Waals surface area contributed by atoms with Gasteiger partial charge < -0.3 is 4.74 Å². The van der Waals surface area contributed by atoms with Gasteiger partial charge in [-0.3, -0.25) is 0 Å². The molecule has 0 heterocycles. The number of benzene rings is 1. The molecule has 0 N–H and O–H groups in total. The maximum Gasteiger partial charge on any atom is 0.0585 e. The van der Waals surface area contributed by atoms with E-state index in [0.717, 1.165) is 5.56 Å². The Labute approximate surface area is 101 Å². The second kappa shape index (κ2) is 6.37. The van der Waals surface area contributed by atoms with Crippen molar-refractivity contribution in [2.45, 2.75) is 12.3 Å². The molecule has 0 saturated heterocycles. The van der Waals surface area contributed by atoms with E-state index in [-0.39, 0.29) is 5.41 Å². The molecule has 0 radical (unpaired) electrons. The Kier molecular flexibility index (Phi) is 5.44. The molecule has 1 aromatic rings. The summed E-state index contributed by atoms with van der Waals surface area (Å²) < 4.78 is 5.47. The second-order valence-corrected chi connectivity index (χ2v) is 4.09. The monoisotopic (exact) mass is 246 g/mol. The molecule has 1 rings (SSSR count). The van der Waals surface area contributed by atoms with Crippen molar-refractivity contribution in [2.24, 2.45) is 0 Å². The van der Waals surface area contributed by atoms with Crippen LogP contribution in [0.2, 0.25) is 0 Å². The van der Waals surface area contributed by atoms with E-state index in [9.17, 15) is 0 Å². The van der Waals surface area contributed by atoms with Gasteiger partial charge in [0.2, 0.25) is 0 Å². The molecule has 0 spiro atoms. The first-order chi connectivity index (χ1) is 7.29. The van der Waals surface area contributed by atoms with Crippen molar-refractivity contribution in [1.29, 1.82) is 0 Å². The maximum absolute atomic E-state index is 6.03. The Morgan fingerprint density at radius 1 is 1.13 bits per heavy atom. The molecule has 0 bridgehead atoms. The summed E-state index contributed by atoms with van der Waals surface area (Å²) in [5.41, 5.74) is 0.879. The van der Waals surface area contributed by atoms with Crippen molar-refractivity contribution in [2.75, 3.05) is 25.0 Å². The SMILES string of the molecule is CCOCC(CCl)(CCl)c1ccccc1. The fourth-order valence-electron chi connectivity index (χ4n) is 1.44. The molecule has 0 atom stereocenters. The van der Waals surface area contributed by atoms with Crippen molar-refractivity contribution in [3.63, 3.8) is 0 Å². The molecule has 0 amide bonds. The van der Waals surface area contributed by atoms with Crippen LogP contribution in [-0.4, -0.2) is 25.0 Å². The lowest BCUT2D eigenvalue weighted by Crippen LogP contribution is -2.36. The van der Waals surface area contributed by atoms with E-state index in [1.54, 1.807) is 0 Å². The van der Waals surface area contributed by atoms with Crippen molar-refractivity contribution >= 4 is 23.2 Å². The van der Waals surface area contributed by atoms with Crippen molar-refractivity contribution < 1.29 is 4.74 Å². The Balaban J connectivity index is 2.89. The quantitative estimate of drug-likeness (QED) is 0.700. The minimum Gasteiger partial charge on any atom is -0.381 e. The maximum atomic E-state index is 6.03. The van der Waals surface area contributed by atoms with E-state index in [2.05, 4.69) is 0 Å². The molecular weight excluding hydrogens is 231 g/mol. The number of ether oxygens (including phenoxy) is 1. The van der Waals surface area contributed by atoms with Gasteiger partial charge in [-0.1, -0.05) is 30.3 Å². The molecule has 1 nitrogen and oxygen atoms in total. The van der Waals surface area contributed by atoms with Crippen molar-refractivity contribution in [3.05, 3.63) is 35.9 Å². The Hall–Kier alpha value is -0.240. The van der Waals surface area contributed by atoms with Crippen LogP contribution in [-0.2, 0) is 10.2 Å². The first-order valence-electron chi connectivity index (χ1n) is 5.04. The number of alkyl halides is 2. The van der Waals surface area contributed by atoms with Gasteiger partial charge in [0.05, 0.1) is 6.61 Å². The third kappa shape index (κ3) is 3.10. The van der Waals surface area contributed by atoms with Crippen LogP contribution in [0.3, 0.4) is 0 Å². The smallest absolute Gasteiger partial charge is 0.0585 e. The summed E-state index contributed by atoms with van der Waals surface area (Å²) in [6.07, 6.45) is 0. The summed E-state index contributed by atoms with van der Waals surface area (Å²) in [5.74, 6) is 0.945. The zero-order valence-corrected chi connectivity index (χ0v) is 10.4. The normalized spacial score (nSPS) is 11.7. The highest BCUT2D eigenvalue weighted by Crippen LogP contribution is 2.27. The van der Waals surface area contributed by atoms with Crippen molar-refractivity contribution in [1.82, 2.24) is 0 Å². The summed E-state index contributed by atoms with van der Waals surface area (Å²) in [4.78, 5) is 0. The highest BCUT2D eigenvalue weighted by Gasteiger charge is 2.30. The van der Waals surface area contributed by atoms with Gasteiger partial charge in [0.1, 0.15) is 0 Å². The van der Waals surface area contributed by atoms with E-state index in [1.165, 1.54) is 0 Å². The van der Waals surface area contributed by atoms with Gasteiger partial charge >= 0.3 is 0 Å². The highest BCUT2D eigenvalue weighted by molar-refractivity contribution is 6.22. The number of halogens is 2. The van der Waals surface area contributed by atoms with Crippen molar-refractivity contribution in [3.8, 4) is 0 Å². The first-order valence-corrected chi connectivity index (χ1v) is 6.11. The fourth-order valence-corrected chi connectivity index (χ4v) is 2.19. The third-order valence-corrected chi connectivity index (χ3v) is 3.50. The largest absolute Gasteiger partial charge is 0.381 e. The van der Waals surface area contributed by atoms with Gasteiger partial charge in [0, 0.05) is 23.8 Å². The second-order valence-electron chi connectivity index (χ2n) is 3.55. The summed E-state index contributed by atoms with van der Waals surface area (Å²) >= 11 is 12.1.